The van der Waals surface area contributed by atoms with Crippen molar-refractivity contribution in [2.45, 2.75) is 45.6 Å². The van der Waals surface area contributed by atoms with Crippen LogP contribution in [0, 0.1) is 0 Å². The molecule has 20 heavy (non-hydrogen) atoms. The molecule has 1 atom stereocenters. The summed E-state index contributed by atoms with van der Waals surface area (Å²) in [6.45, 7) is 9.28. The highest BCUT2D eigenvalue weighted by atomic mass is 16.5. The Morgan fingerprint density at radius 2 is 2.15 bits per heavy atom. The minimum absolute atomic E-state index is 0.0278. The van der Waals surface area contributed by atoms with Crippen LogP contribution in [0.4, 0.5) is 5.82 Å². The maximum atomic E-state index is 5.23. The average Bonchev–Trinajstić information content (AvgIpc) is 2.83. The van der Waals surface area contributed by atoms with Crippen LogP contribution in [0.15, 0.2) is 18.5 Å². The van der Waals surface area contributed by atoms with Gasteiger partial charge in [-0.3, -0.25) is 0 Å². The first-order valence-corrected chi connectivity index (χ1v) is 7.06. The van der Waals surface area contributed by atoms with E-state index in [1.54, 1.807) is 13.3 Å². The number of ether oxygens (including phenoxy) is 1. The molecule has 110 valence electrons. The molecule has 2 aromatic rings. The van der Waals surface area contributed by atoms with Crippen LogP contribution in [0.3, 0.4) is 0 Å². The number of nitrogens with one attached hydrogen (secondary N) is 1. The zero-order chi connectivity index (χ0) is 14.8. The van der Waals surface area contributed by atoms with E-state index < -0.39 is 0 Å². The second-order valence-electron chi connectivity index (χ2n) is 6.09. The lowest BCUT2D eigenvalue weighted by Crippen LogP contribution is -2.24. The van der Waals surface area contributed by atoms with Crippen LogP contribution in [0.25, 0.3) is 5.52 Å². The van der Waals surface area contributed by atoms with Gasteiger partial charge in [-0.1, -0.05) is 27.7 Å². The Morgan fingerprint density at radius 3 is 2.75 bits per heavy atom. The van der Waals surface area contributed by atoms with Crippen LogP contribution in [-0.2, 0) is 10.2 Å². The van der Waals surface area contributed by atoms with Crippen molar-refractivity contribution in [3.05, 3.63) is 24.2 Å². The van der Waals surface area contributed by atoms with Crippen LogP contribution in [-0.4, -0.2) is 34.4 Å². The fraction of sp³-hybridized carbons (Fsp3) is 0.600. The van der Waals surface area contributed by atoms with Crippen LogP contribution < -0.4 is 5.32 Å². The summed E-state index contributed by atoms with van der Waals surface area (Å²) in [6, 6.07) is 2.36. The number of fused-ring (bicyclic) bond motifs is 1. The first-order chi connectivity index (χ1) is 9.45. The number of nitrogens with zero attached hydrogens (tertiary/aromatic N) is 3. The smallest absolute Gasteiger partial charge is 0.152 e. The Hall–Kier alpha value is -1.62. The number of anilines is 1. The number of hydrogen-bond donors (Lipinski definition) is 1. The molecular formula is C15H24N4O. The molecule has 0 saturated heterocycles. The Kier molecular flexibility index (Phi) is 4.28. The molecule has 2 heterocycles. The van der Waals surface area contributed by atoms with Crippen molar-refractivity contribution >= 4 is 11.3 Å². The molecule has 5 nitrogen and oxygen atoms in total. The monoisotopic (exact) mass is 276 g/mol. The molecule has 0 bridgehead atoms. The van der Waals surface area contributed by atoms with E-state index in [1.165, 1.54) is 0 Å². The fourth-order valence-corrected chi connectivity index (χ4v) is 2.06. The van der Waals surface area contributed by atoms with Gasteiger partial charge in [-0.15, -0.1) is 0 Å². The first kappa shape index (κ1) is 14.8. The number of methoxy groups -OCH3 is 1. The fourth-order valence-electron chi connectivity index (χ4n) is 2.06. The molecule has 5 heteroatoms. The van der Waals surface area contributed by atoms with Gasteiger partial charge in [0.2, 0.25) is 0 Å². The minimum Gasteiger partial charge on any atom is -0.383 e. The van der Waals surface area contributed by atoms with Crippen molar-refractivity contribution in [2.75, 3.05) is 19.0 Å². The van der Waals surface area contributed by atoms with Gasteiger partial charge in [-0.25, -0.2) is 9.50 Å². The Labute approximate surface area is 120 Å². The molecule has 0 fully saturated rings. The molecule has 0 spiro atoms. The van der Waals surface area contributed by atoms with Crippen LogP contribution in [0.1, 0.15) is 39.8 Å². The van der Waals surface area contributed by atoms with E-state index in [-0.39, 0.29) is 11.5 Å². The highest BCUT2D eigenvalue weighted by Gasteiger charge is 2.19. The van der Waals surface area contributed by atoms with Gasteiger partial charge in [0.1, 0.15) is 5.52 Å². The summed E-state index contributed by atoms with van der Waals surface area (Å²) >= 11 is 0. The maximum absolute atomic E-state index is 5.23. The van der Waals surface area contributed by atoms with Gasteiger partial charge in [0.15, 0.2) is 5.82 Å². The highest BCUT2D eigenvalue weighted by Crippen LogP contribution is 2.24. The van der Waals surface area contributed by atoms with Crippen molar-refractivity contribution < 1.29 is 4.74 Å². The van der Waals surface area contributed by atoms with E-state index in [9.17, 15) is 0 Å². The number of hydrogen-bond acceptors (Lipinski definition) is 4. The molecule has 0 aromatic carbocycles. The summed E-state index contributed by atoms with van der Waals surface area (Å²) in [6.07, 6.45) is 4.64. The van der Waals surface area contributed by atoms with E-state index in [0.717, 1.165) is 23.4 Å². The van der Waals surface area contributed by atoms with Crippen LogP contribution >= 0.6 is 0 Å². The molecule has 0 radical (unpaired) electrons. The lowest BCUT2D eigenvalue weighted by molar-refractivity contribution is 0.184. The van der Waals surface area contributed by atoms with Crippen molar-refractivity contribution in [1.82, 2.24) is 14.6 Å². The Morgan fingerprint density at radius 1 is 1.40 bits per heavy atom. The number of rotatable bonds is 5. The van der Waals surface area contributed by atoms with Gasteiger partial charge >= 0.3 is 0 Å². The second kappa shape index (κ2) is 5.79. The van der Waals surface area contributed by atoms with Gasteiger partial charge in [-0.05, 0) is 12.5 Å². The van der Waals surface area contributed by atoms with Gasteiger partial charge in [0.25, 0.3) is 0 Å². The minimum atomic E-state index is 0.0278. The van der Waals surface area contributed by atoms with Crippen molar-refractivity contribution in [3.8, 4) is 0 Å². The summed E-state index contributed by atoms with van der Waals surface area (Å²) in [4.78, 5) is 4.44. The summed E-state index contributed by atoms with van der Waals surface area (Å²) in [5, 5.41) is 8.07. The zero-order valence-corrected chi connectivity index (χ0v) is 13.0. The molecule has 2 aromatic heterocycles. The van der Waals surface area contributed by atoms with Gasteiger partial charge in [-0.2, -0.15) is 5.10 Å². The zero-order valence-electron chi connectivity index (χ0n) is 13.0. The third-order valence-electron chi connectivity index (χ3n) is 3.36. The van der Waals surface area contributed by atoms with Crippen LogP contribution in [0.2, 0.25) is 0 Å². The molecule has 0 aliphatic heterocycles. The molecule has 0 saturated carbocycles. The average molecular weight is 276 g/mol. The quantitative estimate of drug-likeness (QED) is 0.912. The van der Waals surface area contributed by atoms with Gasteiger partial charge in [0.05, 0.1) is 18.3 Å². The molecule has 0 aliphatic carbocycles. The third kappa shape index (κ3) is 3.10. The highest BCUT2D eigenvalue weighted by molar-refractivity contribution is 5.68. The summed E-state index contributed by atoms with van der Waals surface area (Å²) in [5.74, 6) is 0.861. The number of aromatic nitrogens is 3. The Balaban J connectivity index is 2.36. The molecule has 1 N–H and O–H groups in total. The van der Waals surface area contributed by atoms with Gasteiger partial charge < -0.3 is 10.1 Å². The van der Waals surface area contributed by atoms with Crippen LogP contribution in [0.5, 0.6) is 0 Å². The van der Waals surface area contributed by atoms with E-state index in [0.29, 0.717) is 6.61 Å². The maximum Gasteiger partial charge on any atom is 0.152 e. The lowest BCUT2D eigenvalue weighted by Gasteiger charge is -2.16. The molecule has 2 rings (SSSR count). The summed E-state index contributed by atoms with van der Waals surface area (Å²) < 4.78 is 7.11. The van der Waals surface area contributed by atoms with E-state index in [4.69, 9.17) is 4.74 Å². The SMILES string of the molecule is CCC(COC)Nc1nccn2nc(C(C)(C)C)cc12. The van der Waals surface area contributed by atoms with Crippen molar-refractivity contribution in [3.63, 3.8) is 0 Å². The summed E-state index contributed by atoms with van der Waals surface area (Å²) in [7, 11) is 1.72. The summed E-state index contributed by atoms with van der Waals surface area (Å²) in [5.41, 5.74) is 2.10. The molecule has 0 amide bonds. The topological polar surface area (TPSA) is 51.5 Å². The van der Waals surface area contributed by atoms with Gasteiger partial charge in [0, 0.05) is 24.9 Å². The van der Waals surface area contributed by atoms with E-state index in [2.05, 4.69) is 49.2 Å². The second-order valence-corrected chi connectivity index (χ2v) is 6.09. The normalized spacial score (nSPS) is 13.7. The standard InChI is InChI=1S/C15H24N4O/c1-6-11(10-20-5)17-14-12-9-13(15(2,3)4)18-19(12)8-7-16-14/h7-9,11H,6,10H2,1-5H3,(H,16,17). The van der Waals surface area contributed by atoms with Crippen molar-refractivity contribution in [1.29, 1.82) is 0 Å². The Bertz CT molecular complexity index is 571. The predicted octanol–water partition coefficient (Wildman–Crippen LogP) is 2.86. The predicted molar refractivity (Wildman–Crippen MR) is 81.3 cm³/mol. The van der Waals surface area contributed by atoms with E-state index >= 15 is 0 Å². The van der Waals surface area contributed by atoms with E-state index in [1.807, 2.05) is 10.7 Å². The molecule has 0 aliphatic rings. The third-order valence-corrected chi connectivity index (χ3v) is 3.36. The largest absolute Gasteiger partial charge is 0.383 e. The molecule has 1 unspecified atom stereocenters. The molecular weight excluding hydrogens is 252 g/mol. The first-order valence-electron chi connectivity index (χ1n) is 7.06. The van der Waals surface area contributed by atoms with Crippen molar-refractivity contribution in [2.24, 2.45) is 0 Å². The lowest BCUT2D eigenvalue weighted by atomic mass is 9.92.